The van der Waals surface area contributed by atoms with Crippen molar-refractivity contribution in [3.63, 3.8) is 0 Å². The van der Waals surface area contributed by atoms with Crippen molar-refractivity contribution in [2.45, 2.75) is 123 Å². The van der Waals surface area contributed by atoms with E-state index >= 15 is 0 Å². The van der Waals surface area contributed by atoms with Crippen LogP contribution in [0.25, 0.3) is 0 Å². The van der Waals surface area contributed by atoms with E-state index in [9.17, 15) is 14.7 Å². The van der Waals surface area contributed by atoms with E-state index in [1.54, 1.807) is 0 Å². The molecule has 1 unspecified atom stereocenters. The summed E-state index contributed by atoms with van der Waals surface area (Å²) in [4.78, 5) is 23.7. The van der Waals surface area contributed by atoms with E-state index < -0.39 is 6.10 Å². The predicted molar refractivity (Wildman–Crippen MR) is 141 cm³/mol. The van der Waals surface area contributed by atoms with Crippen LogP contribution in [0.5, 0.6) is 0 Å². The van der Waals surface area contributed by atoms with Crippen molar-refractivity contribution in [2.75, 3.05) is 13.2 Å². The maximum atomic E-state index is 11.9. The summed E-state index contributed by atoms with van der Waals surface area (Å²) in [5.74, 6) is -0.742. The molecule has 5 heteroatoms. The molecule has 0 spiro atoms. The Morgan fingerprint density at radius 1 is 0.676 bits per heavy atom. The van der Waals surface area contributed by atoms with E-state index in [2.05, 4.69) is 38.2 Å². The molecule has 5 nitrogen and oxygen atoms in total. The number of carbonyl (C=O) groups is 2. The number of allylic oxidation sites excluding steroid dienone is 6. The van der Waals surface area contributed by atoms with Gasteiger partial charge in [0, 0.05) is 12.8 Å². The number of hydrogen-bond donors (Lipinski definition) is 1. The first kappa shape index (κ1) is 32.1. The molecule has 0 saturated heterocycles. The van der Waals surface area contributed by atoms with Gasteiger partial charge < -0.3 is 14.6 Å². The second kappa shape index (κ2) is 25.7. The molecule has 0 aromatic rings. The van der Waals surface area contributed by atoms with Crippen molar-refractivity contribution in [2.24, 2.45) is 0 Å². The molecule has 0 radical (unpaired) electrons. The number of esters is 2. The zero-order valence-corrected chi connectivity index (χ0v) is 21.8. The van der Waals surface area contributed by atoms with Crippen LogP contribution in [0.2, 0.25) is 0 Å². The molecule has 34 heavy (non-hydrogen) atoms. The molecule has 0 aromatic heterocycles. The van der Waals surface area contributed by atoms with Crippen molar-refractivity contribution >= 4 is 11.9 Å². The molecule has 0 heterocycles. The lowest BCUT2D eigenvalue weighted by Crippen LogP contribution is -2.28. The van der Waals surface area contributed by atoms with Gasteiger partial charge >= 0.3 is 11.9 Å². The molecule has 1 N–H and O–H groups in total. The minimum absolute atomic E-state index is 0.112. The Morgan fingerprint density at radius 2 is 1.18 bits per heavy atom. The van der Waals surface area contributed by atoms with Crippen molar-refractivity contribution in [1.82, 2.24) is 0 Å². The van der Waals surface area contributed by atoms with Crippen molar-refractivity contribution in [3.05, 3.63) is 36.5 Å². The third-order valence-electron chi connectivity index (χ3n) is 5.43. The molecule has 0 amide bonds. The highest BCUT2D eigenvalue weighted by Crippen LogP contribution is 2.08. The SMILES string of the molecule is CCCCC/C=C/CCC(=O)OC(CO)COC(=O)CC/C=C/C/C=C/CCCCCCCC. The second-order valence-corrected chi connectivity index (χ2v) is 8.76. The maximum absolute atomic E-state index is 11.9. The number of aliphatic hydroxyl groups excluding tert-OH is 1. The number of aliphatic hydroxyl groups is 1. The van der Waals surface area contributed by atoms with Crippen molar-refractivity contribution < 1.29 is 24.2 Å². The summed E-state index contributed by atoms with van der Waals surface area (Å²) in [6, 6.07) is 0. The van der Waals surface area contributed by atoms with Crippen LogP contribution in [-0.4, -0.2) is 36.4 Å². The fraction of sp³-hybridized carbons (Fsp3) is 0.724. The molecule has 196 valence electrons. The van der Waals surface area contributed by atoms with E-state index in [-0.39, 0.29) is 38.0 Å². The van der Waals surface area contributed by atoms with Gasteiger partial charge in [-0.2, -0.15) is 0 Å². The lowest BCUT2D eigenvalue weighted by atomic mass is 10.1. The van der Waals surface area contributed by atoms with Gasteiger partial charge in [0.15, 0.2) is 6.10 Å². The van der Waals surface area contributed by atoms with Crippen molar-refractivity contribution in [3.8, 4) is 0 Å². The summed E-state index contributed by atoms with van der Waals surface area (Å²) >= 11 is 0. The molecule has 0 bridgehead atoms. The third-order valence-corrected chi connectivity index (χ3v) is 5.43. The molecule has 0 aliphatic rings. The fourth-order valence-corrected chi connectivity index (χ4v) is 3.33. The fourth-order valence-electron chi connectivity index (χ4n) is 3.33. The van der Waals surface area contributed by atoms with Crippen molar-refractivity contribution in [1.29, 1.82) is 0 Å². The average Bonchev–Trinajstić information content (AvgIpc) is 2.84. The van der Waals surface area contributed by atoms with Crippen LogP contribution in [0, 0.1) is 0 Å². The Bertz CT molecular complexity index is 565. The first-order valence-electron chi connectivity index (χ1n) is 13.5. The van der Waals surface area contributed by atoms with Crippen LogP contribution >= 0.6 is 0 Å². The number of unbranched alkanes of at least 4 members (excludes halogenated alkanes) is 9. The van der Waals surface area contributed by atoms with Crippen LogP contribution < -0.4 is 0 Å². The standard InChI is InChI=1S/C29H50O5/c1-3-5-7-9-11-12-13-14-15-16-18-19-21-23-28(31)33-26-27(25-30)34-29(32)24-22-20-17-10-8-6-4-2/h14-15,17-20,27,30H,3-13,16,21-26H2,1-2H3/b15-14+,19-18+,20-17+. The first-order chi connectivity index (χ1) is 16.6. The van der Waals surface area contributed by atoms with Gasteiger partial charge in [-0.1, -0.05) is 95.2 Å². The smallest absolute Gasteiger partial charge is 0.306 e. The third kappa shape index (κ3) is 23.3. The Hall–Kier alpha value is -1.88. The number of hydrogen-bond acceptors (Lipinski definition) is 5. The number of rotatable bonds is 23. The summed E-state index contributed by atoms with van der Waals surface area (Å²) in [6.45, 7) is 3.93. The zero-order chi connectivity index (χ0) is 25.1. The van der Waals surface area contributed by atoms with E-state index in [1.807, 2.05) is 12.2 Å². The van der Waals surface area contributed by atoms with Gasteiger partial charge in [0.25, 0.3) is 0 Å². The van der Waals surface area contributed by atoms with Gasteiger partial charge in [-0.3, -0.25) is 9.59 Å². The molecule has 0 fully saturated rings. The maximum Gasteiger partial charge on any atom is 0.306 e. The summed E-state index contributed by atoms with van der Waals surface area (Å²) in [7, 11) is 0. The highest BCUT2D eigenvalue weighted by molar-refractivity contribution is 5.70. The molecule has 0 aromatic carbocycles. The molecular formula is C29H50O5. The monoisotopic (exact) mass is 478 g/mol. The summed E-state index contributed by atoms with van der Waals surface area (Å²) in [5.41, 5.74) is 0. The molecule has 0 rings (SSSR count). The van der Waals surface area contributed by atoms with Gasteiger partial charge in [0.2, 0.25) is 0 Å². The van der Waals surface area contributed by atoms with E-state index in [0.717, 1.165) is 19.3 Å². The predicted octanol–water partition coefficient (Wildman–Crippen LogP) is 7.38. The van der Waals surface area contributed by atoms with E-state index in [0.29, 0.717) is 12.8 Å². The highest BCUT2D eigenvalue weighted by atomic mass is 16.6. The largest absolute Gasteiger partial charge is 0.462 e. The second-order valence-electron chi connectivity index (χ2n) is 8.76. The summed E-state index contributed by atoms with van der Waals surface area (Å²) in [5, 5.41) is 9.38. The lowest BCUT2D eigenvalue weighted by Gasteiger charge is -2.15. The van der Waals surface area contributed by atoms with E-state index in [4.69, 9.17) is 9.47 Å². The Balaban J connectivity index is 3.77. The van der Waals surface area contributed by atoms with E-state index in [1.165, 1.54) is 57.8 Å². The zero-order valence-electron chi connectivity index (χ0n) is 21.8. The Labute approximate surface area is 208 Å². The first-order valence-corrected chi connectivity index (χ1v) is 13.5. The highest BCUT2D eigenvalue weighted by Gasteiger charge is 2.15. The lowest BCUT2D eigenvalue weighted by molar-refractivity contribution is -0.161. The van der Waals surface area contributed by atoms with Gasteiger partial charge in [0.05, 0.1) is 6.61 Å². The van der Waals surface area contributed by atoms with Crippen LogP contribution in [0.15, 0.2) is 36.5 Å². The molecule has 0 saturated carbocycles. The van der Waals surface area contributed by atoms with Crippen LogP contribution in [-0.2, 0) is 19.1 Å². The normalized spacial score (nSPS) is 12.7. The van der Waals surface area contributed by atoms with Gasteiger partial charge in [-0.05, 0) is 44.9 Å². The average molecular weight is 479 g/mol. The Kier molecular flexibility index (Phi) is 24.3. The van der Waals surface area contributed by atoms with Gasteiger partial charge in [0.1, 0.15) is 6.61 Å². The molecule has 1 atom stereocenters. The summed E-state index contributed by atoms with van der Waals surface area (Å²) < 4.78 is 10.3. The summed E-state index contributed by atoms with van der Waals surface area (Å²) in [6.07, 6.45) is 28.0. The van der Waals surface area contributed by atoms with Crippen LogP contribution in [0.3, 0.4) is 0 Å². The topological polar surface area (TPSA) is 72.8 Å². The van der Waals surface area contributed by atoms with Crippen LogP contribution in [0.4, 0.5) is 0 Å². The molecular weight excluding hydrogens is 428 g/mol. The number of ether oxygens (including phenoxy) is 2. The van der Waals surface area contributed by atoms with Gasteiger partial charge in [-0.15, -0.1) is 0 Å². The minimum Gasteiger partial charge on any atom is -0.462 e. The number of carbonyl (C=O) groups excluding carboxylic acids is 2. The molecule has 0 aliphatic heterocycles. The molecule has 0 aliphatic carbocycles. The Morgan fingerprint density at radius 3 is 1.85 bits per heavy atom. The van der Waals surface area contributed by atoms with Crippen LogP contribution in [0.1, 0.15) is 117 Å². The minimum atomic E-state index is -0.808. The van der Waals surface area contributed by atoms with Gasteiger partial charge in [-0.25, -0.2) is 0 Å². The quantitative estimate of drug-likeness (QED) is 0.0942.